The summed E-state index contributed by atoms with van der Waals surface area (Å²) in [7, 11) is -2.96. The molecule has 3 N–H and O–H groups in total. The smallest absolute Gasteiger partial charge is 0.267 e. The highest BCUT2D eigenvalue weighted by Crippen LogP contribution is 2.27. The number of rotatable bonds is 8. The second-order valence-corrected chi connectivity index (χ2v) is 8.46. The number of hydrogen-bond acceptors (Lipinski definition) is 5. The van der Waals surface area contributed by atoms with Crippen LogP contribution in [0.3, 0.4) is 0 Å². The van der Waals surface area contributed by atoms with Crippen LogP contribution in [0.25, 0.3) is 0 Å². The van der Waals surface area contributed by atoms with Crippen molar-refractivity contribution in [1.29, 1.82) is 0 Å². The molecule has 0 bridgehead atoms. The summed E-state index contributed by atoms with van der Waals surface area (Å²) in [6.45, 7) is -0.624. The molecule has 3 aromatic carbocycles. The van der Waals surface area contributed by atoms with Gasteiger partial charge in [-0.05, 0) is 60.7 Å². The van der Waals surface area contributed by atoms with E-state index >= 15 is 0 Å². The zero-order chi connectivity index (χ0) is 23.3. The van der Waals surface area contributed by atoms with E-state index in [9.17, 15) is 22.4 Å². The van der Waals surface area contributed by atoms with Gasteiger partial charge in [-0.1, -0.05) is 12.1 Å². The second-order valence-electron chi connectivity index (χ2n) is 6.63. The fraction of sp³-hybridized carbons (Fsp3) is 0.0909. The molecule has 0 aliphatic carbocycles. The molecular weight excluding hydrogens is 437 g/mol. The lowest BCUT2D eigenvalue weighted by Crippen LogP contribution is -2.38. The van der Waals surface area contributed by atoms with Gasteiger partial charge in [-0.3, -0.25) is 13.9 Å². The van der Waals surface area contributed by atoms with Crippen molar-refractivity contribution >= 4 is 33.2 Å². The highest BCUT2D eigenvalue weighted by atomic mass is 32.2. The summed E-state index contributed by atoms with van der Waals surface area (Å²) >= 11 is 0. The van der Waals surface area contributed by atoms with Crippen molar-refractivity contribution in [3.63, 3.8) is 0 Å². The zero-order valence-electron chi connectivity index (χ0n) is 17.0. The third kappa shape index (κ3) is 5.03. The van der Waals surface area contributed by atoms with Crippen LogP contribution in [0.2, 0.25) is 0 Å². The van der Waals surface area contributed by atoms with Crippen molar-refractivity contribution in [3.05, 3.63) is 84.2 Å². The first-order valence-electron chi connectivity index (χ1n) is 9.33. The van der Waals surface area contributed by atoms with Gasteiger partial charge in [0.2, 0.25) is 11.8 Å². The lowest BCUT2D eigenvalue weighted by atomic mass is 10.2. The molecule has 3 aromatic rings. The predicted octanol–water partition coefficient (Wildman–Crippen LogP) is 2.77. The number of primary amides is 1. The fourth-order valence-corrected chi connectivity index (χ4v) is 4.37. The number of amides is 2. The molecule has 0 heterocycles. The second kappa shape index (κ2) is 9.48. The maximum Gasteiger partial charge on any atom is 0.267 e. The van der Waals surface area contributed by atoms with E-state index in [1.807, 2.05) is 0 Å². The van der Waals surface area contributed by atoms with Crippen molar-refractivity contribution in [2.24, 2.45) is 5.73 Å². The summed E-state index contributed by atoms with van der Waals surface area (Å²) in [6.07, 6.45) is 0. The molecule has 3 rings (SSSR count). The van der Waals surface area contributed by atoms with E-state index in [1.54, 1.807) is 0 Å². The van der Waals surface area contributed by atoms with Crippen LogP contribution in [-0.4, -0.2) is 33.9 Å². The van der Waals surface area contributed by atoms with Gasteiger partial charge in [0.25, 0.3) is 10.0 Å². The Bertz CT molecular complexity index is 1230. The number of sulfonamides is 1. The minimum Gasteiger partial charge on any atom is -0.497 e. The standard InChI is InChI=1S/C22H20FN3O5S/c1-31-18-12-10-17(11-13-18)26(32(29,30)20-5-3-2-4-19(20)23)14-21(27)25-16-8-6-15(7-9-16)22(24)28/h2-13H,14H2,1H3,(H2,24,28)(H,25,27). The number of nitrogens with two attached hydrogens (primary N) is 1. The molecule has 10 heteroatoms. The van der Waals surface area contributed by atoms with Crippen LogP contribution in [0.4, 0.5) is 15.8 Å². The van der Waals surface area contributed by atoms with Crippen molar-refractivity contribution in [1.82, 2.24) is 0 Å². The van der Waals surface area contributed by atoms with Crippen LogP contribution in [0.1, 0.15) is 10.4 Å². The van der Waals surface area contributed by atoms with Gasteiger partial charge in [0.05, 0.1) is 12.8 Å². The summed E-state index contributed by atoms with van der Waals surface area (Å²) in [5.74, 6) is -1.75. The number of carbonyl (C=O) groups excluding carboxylic acids is 2. The van der Waals surface area contributed by atoms with Gasteiger partial charge in [0, 0.05) is 11.3 Å². The molecule has 0 spiro atoms. The predicted molar refractivity (Wildman–Crippen MR) is 118 cm³/mol. The Morgan fingerprint density at radius 3 is 2.19 bits per heavy atom. The Kier molecular flexibility index (Phi) is 6.74. The minimum atomic E-state index is -4.41. The molecule has 32 heavy (non-hydrogen) atoms. The summed E-state index contributed by atoms with van der Waals surface area (Å²) in [4.78, 5) is 23.3. The van der Waals surface area contributed by atoms with Crippen LogP contribution in [0.5, 0.6) is 5.75 Å². The summed E-state index contributed by atoms with van der Waals surface area (Å²) < 4.78 is 46.7. The van der Waals surface area contributed by atoms with E-state index in [0.29, 0.717) is 11.4 Å². The molecule has 0 aromatic heterocycles. The van der Waals surface area contributed by atoms with Crippen LogP contribution < -0.4 is 20.1 Å². The van der Waals surface area contributed by atoms with Gasteiger partial charge in [-0.15, -0.1) is 0 Å². The van der Waals surface area contributed by atoms with Crippen molar-refractivity contribution in [3.8, 4) is 5.75 Å². The van der Waals surface area contributed by atoms with E-state index in [-0.39, 0.29) is 11.3 Å². The molecule has 8 nitrogen and oxygen atoms in total. The third-order valence-corrected chi connectivity index (χ3v) is 6.31. The highest BCUT2D eigenvalue weighted by Gasteiger charge is 2.29. The number of nitrogens with zero attached hydrogens (tertiary/aromatic N) is 1. The Labute approximate surface area is 184 Å². The molecule has 2 amide bonds. The largest absolute Gasteiger partial charge is 0.497 e. The number of methoxy groups -OCH3 is 1. The average Bonchev–Trinajstić information content (AvgIpc) is 2.78. The number of hydrogen-bond donors (Lipinski definition) is 2. The zero-order valence-corrected chi connectivity index (χ0v) is 17.8. The van der Waals surface area contributed by atoms with Crippen LogP contribution in [0, 0.1) is 5.82 Å². The Morgan fingerprint density at radius 2 is 1.62 bits per heavy atom. The Balaban J connectivity index is 1.92. The van der Waals surface area contributed by atoms with Gasteiger partial charge in [0.1, 0.15) is 23.0 Å². The Hall–Kier alpha value is -3.92. The van der Waals surface area contributed by atoms with Gasteiger partial charge in [-0.2, -0.15) is 0 Å². The molecule has 0 fully saturated rings. The number of nitrogens with one attached hydrogen (secondary N) is 1. The maximum atomic E-state index is 14.3. The monoisotopic (exact) mass is 457 g/mol. The SMILES string of the molecule is COc1ccc(N(CC(=O)Nc2ccc(C(N)=O)cc2)S(=O)(=O)c2ccccc2F)cc1. The first kappa shape index (κ1) is 22.8. The van der Waals surface area contributed by atoms with Gasteiger partial charge in [0.15, 0.2) is 0 Å². The van der Waals surface area contributed by atoms with Crippen LogP contribution in [-0.2, 0) is 14.8 Å². The molecule has 0 atom stereocenters. The topological polar surface area (TPSA) is 119 Å². The van der Waals surface area contributed by atoms with Crippen molar-refractivity contribution in [2.45, 2.75) is 4.90 Å². The maximum absolute atomic E-state index is 14.3. The molecule has 0 aliphatic heterocycles. The average molecular weight is 457 g/mol. The normalized spacial score (nSPS) is 10.9. The number of carbonyl (C=O) groups is 2. The Morgan fingerprint density at radius 1 is 1.00 bits per heavy atom. The van der Waals surface area contributed by atoms with E-state index < -0.39 is 39.1 Å². The molecule has 0 aliphatic rings. The molecule has 0 saturated heterocycles. The lowest BCUT2D eigenvalue weighted by Gasteiger charge is -2.24. The minimum absolute atomic E-state index is 0.147. The van der Waals surface area contributed by atoms with Gasteiger partial charge >= 0.3 is 0 Å². The number of anilines is 2. The molecule has 0 radical (unpaired) electrons. The van der Waals surface area contributed by atoms with E-state index in [4.69, 9.17) is 10.5 Å². The summed E-state index contributed by atoms with van der Waals surface area (Å²) in [6, 6.07) is 16.6. The molecular formula is C22H20FN3O5S. The van der Waals surface area contributed by atoms with E-state index in [1.165, 1.54) is 67.8 Å². The van der Waals surface area contributed by atoms with Gasteiger partial charge in [-0.25, -0.2) is 12.8 Å². The highest BCUT2D eigenvalue weighted by molar-refractivity contribution is 7.92. The van der Waals surface area contributed by atoms with E-state index in [2.05, 4.69) is 5.32 Å². The third-order valence-electron chi connectivity index (χ3n) is 4.51. The van der Waals surface area contributed by atoms with E-state index in [0.717, 1.165) is 16.4 Å². The van der Waals surface area contributed by atoms with Crippen LogP contribution in [0.15, 0.2) is 77.7 Å². The molecule has 0 saturated carbocycles. The lowest BCUT2D eigenvalue weighted by molar-refractivity contribution is -0.114. The fourth-order valence-electron chi connectivity index (χ4n) is 2.88. The first-order chi connectivity index (χ1) is 15.2. The summed E-state index contributed by atoms with van der Waals surface area (Å²) in [5, 5.41) is 2.55. The first-order valence-corrected chi connectivity index (χ1v) is 10.8. The summed E-state index contributed by atoms with van der Waals surface area (Å²) in [5.41, 5.74) is 5.92. The number of ether oxygens (including phenoxy) is 1. The quantitative estimate of drug-likeness (QED) is 0.539. The number of halogens is 1. The van der Waals surface area contributed by atoms with Gasteiger partial charge < -0.3 is 15.8 Å². The number of benzene rings is 3. The van der Waals surface area contributed by atoms with Crippen LogP contribution >= 0.6 is 0 Å². The molecule has 0 unspecified atom stereocenters. The van der Waals surface area contributed by atoms with Crippen molar-refractivity contribution in [2.75, 3.05) is 23.3 Å². The molecule has 166 valence electrons. The van der Waals surface area contributed by atoms with Crippen molar-refractivity contribution < 1.29 is 27.1 Å².